The first kappa shape index (κ1) is 14.3. The van der Waals surface area contributed by atoms with Gasteiger partial charge in [-0.25, -0.2) is 0 Å². The van der Waals surface area contributed by atoms with Gasteiger partial charge in [0.2, 0.25) is 11.8 Å². The highest BCUT2D eigenvalue weighted by Crippen LogP contribution is 2.18. The van der Waals surface area contributed by atoms with Crippen LogP contribution < -0.4 is 11.1 Å². The lowest BCUT2D eigenvalue weighted by atomic mass is 10.1. The molecule has 3 N–H and O–H groups in total. The topological polar surface area (TPSA) is 78.7 Å². The quantitative estimate of drug-likeness (QED) is 0.698. The van der Waals surface area contributed by atoms with Gasteiger partial charge in [-0.1, -0.05) is 0 Å². The van der Waals surface area contributed by atoms with Crippen LogP contribution in [0.4, 0.5) is 0 Å². The van der Waals surface area contributed by atoms with Crippen molar-refractivity contribution in [1.29, 1.82) is 0 Å². The molecule has 2 aliphatic rings. The zero-order valence-corrected chi connectivity index (χ0v) is 11.6. The van der Waals surface area contributed by atoms with Gasteiger partial charge >= 0.3 is 0 Å². The van der Waals surface area contributed by atoms with Crippen LogP contribution in [-0.2, 0) is 9.59 Å². The van der Waals surface area contributed by atoms with Crippen LogP contribution in [0.2, 0.25) is 0 Å². The van der Waals surface area contributed by atoms with Crippen LogP contribution in [0.25, 0.3) is 0 Å². The number of hydrogen-bond acceptors (Lipinski definition) is 4. The maximum atomic E-state index is 12.3. The number of rotatable bonds is 3. The van der Waals surface area contributed by atoms with Gasteiger partial charge in [0.25, 0.3) is 0 Å². The van der Waals surface area contributed by atoms with E-state index in [0.29, 0.717) is 13.1 Å². The molecule has 2 saturated heterocycles. The third kappa shape index (κ3) is 3.45. The largest absolute Gasteiger partial charge is 0.357 e. The van der Waals surface area contributed by atoms with E-state index in [1.807, 2.05) is 0 Å². The van der Waals surface area contributed by atoms with Crippen LogP contribution in [-0.4, -0.2) is 66.9 Å². The summed E-state index contributed by atoms with van der Waals surface area (Å²) in [5.41, 5.74) is 5.85. The van der Waals surface area contributed by atoms with Crippen LogP contribution in [0.1, 0.15) is 25.7 Å². The summed E-state index contributed by atoms with van der Waals surface area (Å²) in [6.45, 7) is 2.88. The highest BCUT2D eigenvalue weighted by molar-refractivity contribution is 5.88. The molecule has 0 saturated carbocycles. The van der Waals surface area contributed by atoms with Gasteiger partial charge in [0.05, 0.1) is 6.54 Å². The van der Waals surface area contributed by atoms with Crippen LogP contribution in [0.3, 0.4) is 0 Å². The third-order valence-corrected chi connectivity index (χ3v) is 4.11. The molecular weight excluding hydrogens is 244 g/mol. The molecule has 0 radical (unpaired) electrons. The van der Waals surface area contributed by atoms with Crippen molar-refractivity contribution in [2.45, 2.75) is 37.8 Å². The summed E-state index contributed by atoms with van der Waals surface area (Å²) >= 11 is 0. The van der Waals surface area contributed by atoms with E-state index in [0.717, 1.165) is 38.8 Å². The lowest BCUT2D eigenvalue weighted by molar-refractivity contribution is -0.139. The van der Waals surface area contributed by atoms with Crippen LogP contribution in [0, 0.1) is 0 Å². The van der Waals surface area contributed by atoms with E-state index < -0.39 is 0 Å². The molecule has 19 heavy (non-hydrogen) atoms. The fourth-order valence-electron chi connectivity index (χ4n) is 2.90. The van der Waals surface area contributed by atoms with Gasteiger partial charge in [0.15, 0.2) is 0 Å². The fraction of sp³-hybridized carbons (Fsp3) is 0.846. The van der Waals surface area contributed by atoms with Crippen molar-refractivity contribution in [1.82, 2.24) is 15.1 Å². The molecule has 2 fully saturated rings. The summed E-state index contributed by atoms with van der Waals surface area (Å²) in [6, 6.07) is 0.00121. The number of piperidine rings is 1. The minimum absolute atomic E-state index is 0.0495. The standard InChI is InChI=1S/C13H24N4O2/c1-15-13(19)11-3-2-6-17(11)12(18)9-16-7-4-10(14)5-8-16/h10-11H,2-9,14H2,1H3,(H,15,19). The molecule has 108 valence electrons. The van der Waals surface area contributed by atoms with Gasteiger partial charge in [0, 0.05) is 32.7 Å². The first-order valence-electron chi connectivity index (χ1n) is 7.11. The summed E-state index contributed by atoms with van der Waals surface area (Å²) in [6.07, 6.45) is 3.59. The summed E-state index contributed by atoms with van der Waals surface area (Å²) < 4.78 is 0. The molecule has 1 atom stereocenters. The van der Waals surface area contributed by atoms with E-state index in [4.69, 9.17) is 5.73 Å². The van der Waals surface area contributed by atoms with E-state index in [1.165, 1.54) is 0 Å². The van der Waals surface area contributed by atoms with E-state index >= 15 is 0 Å². The number of likely N-dealkylation sites (N-methyl/N-ethyl adjacent to an activating group) is 1. The molecule has 2 aliphatic heterocycles. The first-order chi connectivity index (χ1) is 9.11. The molecule has 6 nitrogen and oxygen atoms in total. The van der Waals surface area contributed by atoms with Crippen LogP contribution in [0.15, 0.2) is 0 Å². The second kappa shape index (κ2) is 6.34. The highest BCUT2D eigenvalue weighted by atomic mass is 16.2. The molecule has 0 aromatic heterocycles. The van der Waals surface area contributed by atoms with Gasteiger partial charge in [-0.15, -0.1) is 0 Å². The van der Waals surface area contributed by atoms with Gasteiger partial charge in [-0.3, -0.25) is 14.5 Å². The average Bonchev–Trinajstić information content (AvgIpc) is 2.90. The molecule has 6 heteroatoms. The maximum Gasteiger partial charge on any atom is 0.242 e. The minimum Gasteiger partial charge on any atom is -0.357 e. The van der Waals surface area contributed by atoms with Crippen molar-refractivity contribution in [2.75, 3.05) is 33.2 Å². The first-order valence-corrected chi connectivity index (χ1v) is 7.11. The van der Waals surface area contributed by atoms with Crippen molar-refractivity contribution in [3.8, 4) is 0 Å². The average molecular weight is 268 g/mol. The number of carbonyl (C=O) groups is 2. The van der Waals surface area contributed by atoms with Gasteiger partial charge in [-0.2, -0.15) is 0 Å². The molecule has 0 aliphatic carbocycles. The summed E-state index contributed by atoms with van der Waals surface area (Å²) in [5.74, 6) is 0.0214. The predicted octanol–water partition coefficient (Wildman–Crippen LogP) is -0.853. The Morgan fingerprint density at radius 2 is 1.89 bits per heavy atom. The fourth-order valence-corrected chi connectivity index (χ4v) is 2.90. The molecule has 0 aromatic rings. The maximum absolute atomic E-state index is 12.3. The Bertz CT molecular complexity index is 340. The van der Waals surface area contributed by atoms with E-state index in [1.54, 1.807) is 11.9 Å². The lowest BCUT2D eigenvalue weighted by Crippen LogP contribution is -2.50. The van der Waals surface area contributed by atoms with Gasteiger partial charge in [-0.05, 0) is 25.7 Å². The normalized spacial score (nSPS) is 25.6. The minimum atomic E-state index is -0.274. The number of likely N-dealkylation sites (tertiary alicyclic amines) is 2. The summed E-state index contributed by atoms with van der Waals surface area (Å²) in [7, 11) is 1.62. The Kier molecular flexibility index (Phi) is 4.76. The van der Waals surface area contributed by atoms with Crippen molar-refractivity contribution >= 4 is 11.8 Å². The second-order valence-electron chi connectivity index (χ2n) is 5.47. The van der Waals surface area contributed by atoms with Crippen molar-refractivity contribution in [3.05, 3.63) is 0 Å². The second-order valence-corrected chi connectivity index (χ2v) is 5.47. The monoisotopic (exact) mass is 268 g/mol. The Morgan fingerprint density at radius 3 is 2.53 bits per heavy atom. The van der Waals surface area contributed by atoms with Crippen molar-refractivity contribution in [3.63, 3.8) is 0 Å². The number of nitrogens with two attached hydrogens (primary N) is 1. The highest BCUT2D eigenvalue weighted by Gasteiger charge is 2.34. The lowest BCUT2D eigenvalue weighted by Gasteiger charge is -2.32. The van der Waals surface area contributed by atoms with Gasteiger partial charge < -0.3 is 16.0 Å². The summed E-state index contributed by atoms with van der Waals surface area (Å²) in [4.78, 5) is 27.9. The van der Waals surface area contributed by atoms with E-state index in [2.05, 4.69) is 10.2 Å². The molecule has 2 rings (SSSR count). The SMILES string of the molecule is CNC(=O)C1CCCN1C(=O)CN1CCC(N)CC1. The molecule has 0 aromatic carbocycles. The Balaban J connectivity index is 1.87. The third-order valence-electron chi connectivity index (χ3n) is 4.11. The molecule has 2 amide bonds. The smallest absolute Gasteiger partial charge is 0.242 e. The van der Waals surface area contributed by atoms with Crippen LogP contribution in [0.5, 0.6) is 0 Å². The predicted molar refractivity (Wildman–Crippen MR) is 72.5 cm³/mol. The van der Waals surface area contributed by atoms with E-state index in [-0.39, 0.29) is 23.9 Å². The van der Waals surface area contributed by atoms with Crippen LogP contribution >= 0.6 is 0 Å². The molecule has 1 unspecified atom stereocenters. The summed E-state index contributed by atoms with van der Waals surface area (Å²) in [5, 5.41) is 2.64. The van der Waals surface area contributed by atoms with E-state index in [9.17, 15) is 9.59 Å². The molecular formula is C13H24N4O2. The zero-order chi connectivity index (χ0) is 13.8. The number of carbonyl (C=O) groups excluding carboxylic acids is 2. The Hall–Kier alpha value is -1.14. The molecule has 2 heterocycles. The van der Waals surface area contributed by atoms with Gasteiger partial charge in [0.1, 0.15) is 6.04 Å². The van der Waals surface area contributed by atoms with Crippen molar-refractivity contribution < 1.29 is 9.59 Å². The number of hydrogen-bond donors (Lipinski definition) is 2. The molecule has 0 spiro atoms. The zero-order valence-electron chi connectivity index (χ0n) is 11.6. The molecule has 0 bridgehead atoms. The number of amides is 2. The number of nitrogens with one attached hydrogen (secondary N) is 1. The number of nitrogens with zero attached hydrogens (tertiary/aromatic N) is 2. The van der Waals surface area contributed by atoms with Crippen molar-refractivity contribution in [2.24, 2.45) is 5.73 Å². The Morgan fingerprint density at radius 1 is 1.21 bits per heavy atom. The Labute approximate surface area is 114 Å².